The highest BCUT2D eigenvalue weighted by atomic mass is 32.2. The van der Waals surface area contributed by atoms with Crippen LogP contribution in [-0.2, 0) is 0 Å². The van der Waals surface area contributed by atoms with Crippen molar-refractivity contribution in [2.75, 3.05) is 12.0 Å². The Kier molecular flexibility index (Phi) is 4.04. The predicted octanol–water partition coefficient (Wildman–Crippen LogP) is 3.69. The maximum Gasteiger partial charge on any atom is 0.00141 e. The molecule has 0 aromatic heterocycles. The molecular weight excluding hydrogens is 184 g/mol. The summed E-state index contributed by atoms with van der Waals surface area (Å²) in [5.74, 6) is 1.30. The zero-order valence-corrected chi connectivity index (χ0v) is 9.69. The third-order valence-corrected chi connectivity index (χ3v) is 4.19. The first kappa shape index (κ1) is 10.5. The Bertz CT molecular complexity index is 159. The molecule has 0 nitrogen and oxygen atoms in total. The van der Waals surface area contributed by atoms with Gasteiger partial charge in [0, 0.05) is 5.41 Å². The van der Waals surface area contributed by atoms with Crippen molar-refractivity contribution in [3.63, 3.8) is 0 Å². The lowest BCUT2D eigenvalue weighted by molar-refractivity contribution is 0.216. The van der Waals surface area contributed by atoms with Gasteiger partial charge in [-0.05, 0) is 49.5 Å². The molecule has 0 aromatic carbocycles. The summed E-state index contributed by atoms with van der Waals surface area (Å²) in [6, 6.07) is 0. The molecule has 0 amide bonds. The summed E-state index contributed by atoms with van der Waals surface area (Å²) in [5.41, 5.74) is 0.491. The van der Waals surface area contributed by atoms with Gasteiger partial charge in [0.05, 0.1) is 0 Å². The van der Waals surface area contributed by atoms with Gasteiger partial charge >= 0.3 is 0 Å². The number of thiocarbonyl (C=S) groups is 1. The Labute approximate surface area is 85.5 Å². The van der Waals surface area contributed by atoms with Crippen LogP contribution in [0.1, 0.15) is 39.0 Å². The summed E-state index contributed by atoms with van der Waals surface area (Å²) >= 11 is 7.27. The molecule has 0 aromatic rings. The van der Waals surface area contributed by atoms with Crippen LogP contribution < -0.4 is 0 Å². The minimum atomic E-state index is 0.491. The molecular formula is C10H18S2. The summed E-state index contributed by atoms with van der Waals surface area (Å²) in [6.07, 6.45) is 8.97. The van der Waals surface area contributed by atoms with Crippen molar-refractivity contribution >= 4 is 28.8 Å². The predicted molar refractivity (Wildman–Crippen MR) is 62.2 cm³/mol. The largest absolute Gasteiger partial charge is 0.165 e. The molecule has 1 fully saturated rings. The molecule has 0 atom stereocenters. The van der Waals surface area contributed by atoms with Crippen molar-refractivity contribution in [3.05, 3.63) is 0 Å². The third kappa shape index (κ3) is 2.23. The quantitative estimate of drug-likeness (QED) is 0.492. The summed E-state index contributed by atoms with van der Waals surface area (Å²) < 4.78 is 0. The number of hydrogen-bond acceptors (Lipinski definition) is 2. The topological polar surface area (TPSA) is 0 Å². The Morgan fingerprint density at radius 2 is 2.17 bits per heavy atom. The van der Waals surface area contributed by atoms with Crippen molar-refractivity contribution < 1.29 is 0 Å². The van der Waals surface area contributed by atoms with E-state index in [0.717, 1.165) is 0 Å². The van der Waals surface area contributed by atoms with E-state index < -0.39 is 0 Å². The van der Waals surface area contributed by atoms with Gasteiger partial charge in [-0.3, -0.25) is 0 Å². The van der Waals surface area contributed by atoms with Gasteiger partial charge in [-0.1, -0.05) is 18.6 Å². The highest BCUT2D eigenvalue weighted by Crippen LogP contribution is 2.46. The lowest BCUT2D eigenvalue weighted by atomic mass is 9.64. The van der Waals surface area contributed by atoms with Crippen molar-refractivity contribution in [2.24, 2.45) is 5.41 Å². The van der Waals surface area contributed by atoms with Crippen LogP contribution in [0.5, 0.6) is 0 Å². The molecule has 70 valence electrons. The molecule has 0 N–H and O–H groups in total. The molecule has 1 aliphatic carbocycles. The zero-order chi connectivity index (χ0) is 9.03. The van der Waals surface area contributed by atoms with Crippen LogP contribution >= 0.6 is 24.0 Å². The van der Waals surface area contributed by atoms with Gasteiger partial charge in [0.15, 0.2) is 0 Å². The summed E-state index contributed by atoms with van der Waals surface area (Å²) in [4.78, 5) is 1.26. The lowest BCUT2D eigenvalue weighted by Gasteiger charge is -2.42. The van der Waals surface area contributed by atoms with Crippen LogP contribution in [0.4, 0.5) is 0 Å². The third-order valence-electron chi connectivity index (χ3n) is 3.06. The van der Waals surface area contributed by atoms with Gasteiger partial charge < -0.3 is 0 Å². The highest BCUT2D eigenvalue weighted by Gasteiger charge is 2.37. The lowest BCUT2D eigenvalue weighted by Crippen LogP contribution is -2.35. The summed E-state index contributed by atoms with van der Waals surface area (Å²) in [5, 5.41) is 0. The van der Waals surface area contributed by atoms with Crippen LogP contribution in [0.25, 0.3) is 0 Å². The van der Waals surface area contributed by atoms with E-state index in [2.05, 4.69) is 13.2 Å². The van der Waals surface area contributed by atoms with E-state index in [9.17, 15) is 0 Å². The molecule has 0 spiro atoms. The fraction of sp³-hybridized carbons (Fsp3) is 0.900. The maximum absolute atomic E-state index is 5.32. The van der Waals surface area contributed by atoms with Crippen molar-refractivity contribution in [3.8, 4) is 0 Å². The van der Waals surface area contributed by atoms with E-state index in [0.29, 0.717) is 5.41 Å². The standard InChI is InChI=1S/C10H18S2/c1-9(11)10(5-3-6-10)7-4-8-12-2/h3-8H2,1-2H3. The molecule has 1 aliphatic rings. The van der Waals surface area contributed by atoms with Crippen LogP contribution in [0.2, 0.25) is 0 Å². The molecule has 0 bridgehead atoms. The maximum atomic E-state index is 5.32. The first-order valence-corrected chi connectivity index (χ1v) is 6.51. The van der Waals surface area contributed by atoms with Gasteiger partial charge in [-0.2, -0.15) is 11.8 Å². The van der Waals surface area contributed by atoms with Crippen molar-refractivity contribution in [2.45, 2.75) is 39.0 Å². The van der Waals surface area contributed by atoms with E-state index in [1.807, 2.05) is 11.8 Å². The van der Waals surface area contributed by atoms with Gasteiger partial charge in [0.25, 0.3) is 0 Å². The molecule has 1 saturated carbocycles. The number of thioether (sulfide) groups is 1. The van der Waals surface area contributed by atoms with Crippen LogP contribution in [0.3, 0.4) is 0 Å². The average molecular weight is 202 g/mol. The van der Waals surface area contributed by atoms with E-state index in [1.54, 1.807) is 0 Å². The number of rotatable bonds is 5. The second-order valence-corrected chi connectivity index (χ2v) is 5.38. The Morgan fingerprint density at radius 3 is 2.50 bits per heavy atom. The smallest absolute Gasteiger partial charge is 0.00141 e. The molecule has 2 heteroatoms. The summed E-state index contributed by atoms with van der Waals surface area (Å²) in [6.45, 7) is 2.13. The second-order valence-electron chi connectivity index (χ2n) is 3.79. The molecule has 0 radical (unpaired) electrons. The molecule has 0 unspecified atom stereocenters. The van der Waals surface area contributed by atoms with Crippen LogP contribution in [0.15, 0.2) is 0 Å². The zero-order valence-electron chi connectivity index (χ0n) is 8.06. The molecule has 0 saturated heterocycles. The average Bonchev–Trinajstić information content (AvgIpc) is 1.94. The van der Waals surface area contributed by atoms with E-state index in [4.69, 9.17) is 12.2 Å². The van der Waals surface area contributed by atoms with Gasteiger partial charge in [0.1, 0.15) is 0 Å². The Hall–Kier alpha value is 0.440. The van der Waals surface area contributed by atoms with Gasteiger partial charge in [-0.15, -0.1) is 0 Å². The van der Waals surface area contributed by atoms with Gasteiger partial charge in [0.2, 0.25) is 0 Å². The normalized spacial score (nSPS) is 20.2. The SMILES string of the molecule is CSCCCC1(C(C)=S)CCC1. The van der Waals surface area contributed by atoms with E-state index in [1.165, 1.54) is 42.7 Å². The summed E-state index contributed by atoms with van der Waals surface area (Å²) in [7, 11) is 0. The van der Waals surface area contributed by atoms with Gasteiger partial charge in [-0.25, -0.2) is 0 Å². The molecule has 12 heavy (non-hydrogen) atoms. The minimum Gasteiger partial charge on any atom is -0.165 e. The Morgan fingerprint density at radius 1 is 1.50 bits per heavy atom. The number of hydrogen-bond donors (Lipinski definition) is 0. The van der Waals surface area contributed by atoms with Crippen molar-refractivity contribution in [1.82, 2.24) is 0 Å². The fourth-order valence-corrected chi connectivity index (χ4v) is 2.68. The Balaban J connectivity index is 2.30. The van der Waals surface area contributed by atoms with Crippen LogP contribution in [-0.4, -0.2) is 16.9 Å². The first-order chi connectivity index (χ1) is 5.71. The first-order valence-electron chi connectivity index (χ1n) is 4.71. The van der Waals surface area contributed by atoms with Crippen LogP contribution in [0, 0.1) is 5.41 Å². The highest BCUT2D eigenvalue weighted by molar-refractivity contribution is 7.98. The molecule has 1 rings (SSSR count). The second kappa shape index (κ2) is 4.61. The molecule has 0 heterocycles. The van der Waals surface area contributed by atoms with E-state index >= 15 is 0 Å². The molecule has 0 aliphatic heterocycles. The van der Waals surface area contributed by atoms with E-state index in [-0.39, 0.29) is 0 Å². The van der Waals surface area contributed by atoms with Crippen molar-refractivity contribution in [1.29, 1.82) is 0 Å². The fourth-order valence-electron chi connectivity index (χ4n) is 1.94. The minimum absolute atomic E-state index is 0.491. The monoisotopic (exact) mass is 202 g/mol.